The quantitative estimate of drug-likeness (QED) is 0.680. The molecule has 1 aromatic rings. The van der Waals surface area contributed by atoms with Crippen LogP contribution >= 0.6 is 0 Å². The van der Waals surface area contributed by atoms with Crippen LogP contribution in [0.25, 0.3) is 0 Å². The summed E-state index contributed by atoms with van der Waals surface area (Å²) < 4.78 is 0. The number of nitro groups is 1. The normalized spacial score (nSPS) is 27.6. The Balaban J connectivity index is 1.74. The van der Waals surface area contributed by atoms with Crippen molar-refractivity contribution in [3.05, 3.63) is 39.4 Å². The molecule has 5 nitrogen and oxygen atoms in total. The van der Waals surface area contributed by atoms with Crippen molar-refractivity contribution in [1.29, 1.82) is 0 Å². The topological polar surface area (TPSA) is 72.2 Å². The van der Waals surface area contributed by atoms with E-state index < -0.39 is 4.92 Å². The molecule has 106 valence electrons. The molecule has 0 spiro atoms. The first-order chi connectivity index (χ1) is 9.54. The maximum absolute atomic E-state index is 12.2. The third kappa shape index (κ3) is 2.28. The lowest BCUT2D eigenvalue weighted by Crippen LogP contribution is -2.38. The van der Waals surface area contributed by atoms with Gasteiger partial charge in [0.15, 0.2) is 0 Å². The number of nitrogens with one attached hydrogen (secondary N) is 1. The second kappa shape index (κ2) is 4.89. The van der Waals surface area contributed by atoms with E-state index in [1.165, 1.54) is 25.3 Å². The highest BCUT2D eigenvalue weighted by Gasteiger charge is 2.40. The fourth-order valence-electron chi connectivity index (χ4n) is 3.62. The smallest absolute Gasteiger partial charge is 0.273 e. The van der Waals surface area contributed by atoms with Crippen molar-refractivity contribution in [2.24, 2.45) is 11.8 Å². The number of aryl methyl sites for hydroxylation is 1. The summed E-state index contributed by atoms with van der Waals surface area (Å²) in [5.74, 6) is 1.17. The number of nitrogens with zero attached hydrogens (tertiary/aromatic N) is 1. The average molecular weight is 274 g/mol. The monoisotopic (exact) mass is 274 g/mol. The molecule has 0 radical (unpaired) electrons. The Morgan fingerprint density at radius 2 is 2.15 bits per heavy atom. The van der Waals surface area contributed by atoms with Gasteiger partial charge in [-0.3, -0.25) is 14.9 Å². The van der Waals surface area contributed by atoms with E-state index in [2.05, 4.69) is 5.32 Å². The number of hydrogen-bond donors (Lipinski definition) is 1. The second-order valence-corrected chi connectivity index (χ2v) is 6.01. The Morgan fingerprint density at radius 3 is 2.75 bits per heavy atom. The van der Waals surface area contributed by atoms with E-state index in [4.69, 9.17) is 0 Å². The highest BCUT2D eigenvalue weighted by atomic mass is 16.6. The first-order valence-electron chi connectivity index (χ1n) is 7.10. The van der Waals surface area contributed by atoms with Crippen molar-refractivity contribution in [2.75, 3.05) is 0 Å². The van der Waals surface area contributed by atoms with Gasteiger partial charge in [0, 0.05) is 23.2 Å². The summed E-state index contributed by atoms with van der Waals surface area (Å²) in [7, 11) is 0. The Labute approximate surface area is 117 Å². The first kappa shape index (κ1) is 13.1. The van der Waals surface area contributed by atoms with Gasteiger partial charge in [-0.2, -0.15) is 0 Å². The van der Waals surface area contributed by atoms with Gasteiger partial charge in [0.05, 0.1) is 4.92 Å². The predicted molar refractivity (Wildman–Crippen MR) is 74.5 cm³/mol. The van der Waals surface area contributed by atoms with Crippen molar-refractivity contribution in [1.82, 2.24) is 5.32 Å². The minimum absolute atomic E-state index is 0.00518. The van der Waals surface area contributed by atoms with Gasteiger partial charge in [-0.1, -0.05) is 12.5 Å². The van der Waals surface area contributed by atoms with Crippen molar-refractivity contribution in [2.45, 2.75) is 38.6 Å². The van der Waals surface area contributed by atoms with E-state index in [0.717, 1.165) is 12.3 Å². The van der Waals surface area contributed by atoms with Gasteiger partial charge in [-0.25, -0.2) is 0 Å². The van der Waals surface area contributed by atoms with Crippen LogP contribution in [-0.4, -0.2) is 16.9 Å². The lowest BCUT2D eigenvalue weighted by atomic mass is 9.95. The summed E-state index contributed by atoms with van der Waals surface area (Å²) >= 11 is 0. The predicted octanol–water partition coefficient (Wildman–Crippen LogP) is 2.82. The molecular weight excluding hydrogens is 256 g/mol. The molecule has 2 aliphatic rings. The van der Waals surface area contributed by atoms with E-state index in [0.29, 0.717) is 17.0 Å². The molecule has 0 aliphatic heterocycles. The van der Waals surface area contributed by atoms with Crippen LogP contribution in [0, 0.1) is 28.9 Å². The number of hydrogen-bond acceptors (Lipinski definition) is 3. The maximum Gasteiger partial charge on any atom is 0.273 e. The van der Waals surface area contributed by atoms with Gasteiger partial charge in [-0.15, -0.1) is 0 Å². The fourth-order valence-corrected chi connectivity index (χ4v) is 3.62. The molecule has 5 heteroatoms. The molecule has 1 N–H and O–H groups in total. The van der Waals surface area contributed by atoms with Gasteiger partial charge < -0.3 is 5.32 Å². The number of carbonyl (C=O) groups excluding carboxylic acids is 1. The van der Waals surface area contributed by atoms with Crippen molar-refractivity contribution < 1.29 is 9.72 Å². The molecule has 20 heavy (non-hydrogen) atoms. The maximum atomic E-state index is 12.2. The Morgan fingerprint density at radius 1 is 1.35 bits per heavy atom. The molecule has 3 atom stereocenters. The van der Waals surface area contributed by atoms with Crippen LogP contribution in [0.15, 0.2) is 18.2 Å². The number of benzene rings is 1. The van der Waals surface area contributed by atoms with Crippen LogP contribution < -0.4 is 5.32 Å². The lowest BCUT2D eigenvalue weighted by molar-refractivity contribution is -0.385. The zero-order valence-electron chi connectivity index (χ0n) is 11.5. The Bertz CT molecular complexity index is 570. The molecule has 0 unspecified atom stereocenters. The van der Waals surface area contributed by atoms with Gasteiger partial charge >= 0.3 is 0 Å². The zero-order chi connectivity index (χ0) is 14.3. The molecule has 0 aromatic heterocycles. The minimum Gasteiger partial charge on any atom is -0.349 e. The summed E-state index contributed by atoms with van der Waals surface area (Å²) in [6, 6.07) is 4.91. The second-order valence-electron chi connectivity index (χ2n) is 6.01. The Hall–Kier alpha value is -1.91. The summed E-state index contributed by atoms with van der Waals surface area (Å²) in [5, 5.41) is 14.0. The van der Waals surface area contributed by atoms with Crippen LogP contribution in [0.2, 0.25) is 0 Å². The average Bonchev–Trinajstić information content (AvgIpc) is 3.01. The number of fused-ring (bicyclic) bond motifs is 2. The molecule has 2 aliphatic carbocycles. The van der Waals surface area contributed by atoms with Crippen molar-refractivity contribution in [3.8, 4) is 0 Å². The minimum atomic E-state index is -0.441. The molecule has 2 fully saturated rings. The van der Waals surface area contributed by atoms with Gasteiger partial charge in [-0.05, 0) is 44.1 Å². The van der Waals surface area contributed by atoms with E-state index >= 15 is 0 Å². The van der Waals surface area contributed by atoms with E-state index in [1.54, 1.807) is 19.1 Å². The van der Waals surface area contributed by atoms with Crippen LogP contribution in [0.3, 0.4) is 0 Å². The molecule has 1 amide bonds. The molecule has 2 saturated carbocycles. The Kier molecular flexibility index (Phi) is 3.20. The third-order valence-electron chi connectivity index (χ3n) is 4.72. The fraction of sp³-hybridized carbons (Fsp3) is 0.533. The number of amides is 1. The zero-order valence-corrected chi connectivity index (χ0v) is 11.5. The summed E-state index contributed by atoms with van der Waals surface area (Å²) in [4.78, 5) is 22.7. The lowest BCUT2D eigenvalue weighted by Gasteiger charge is -2.22. The van der Waals surface area contributed by atoms with Crippen LogP contribution in [0.4, 0.5) is 5.69 Å². The molecule has 0 heterocycles. The molecule has 1 aromatic carbocycles. The van der Waals surface area contributed by atoms with Gasteiger partial charge in [0.25, 0.3) is 11.6 Å². The van der Waals surface area contributed by atoms with E-state index in [-0.39, 0.29) is 17.6 Å². The van der Waals surface area contributed by atoms with Gasteiger partial charge in [0.2, 0.25) is 0 Å². The van der Waals surface area contributed by atoms with E-state index in [1.807, 2.05) is 0 Å². The SMILES string of the molecule is Cc1ccc(C(=O)N[C@@H]2C[C@@H]3CC[C@@H]2C3)cc1[N+](=O)[O-]. The number of carbonyl (C=O) groups is 1. The van der Waals surface area contributed by atoms with Crippen molar-refractivity contribution >= 4 is 11.6 Å². The van der Waals surface area contributed by atoms with Crippen molar-refractivity contribution in [3.63, 3.8) is 0 Å². The molecular formula is C15H18N2O3. The van der Waals surface area contributed by atoms with Crippen LogP contribution in [0.5, 0.6) is 0 Å². The van der Waals surface area contributed by atoms with Crippen LogP contribution in [0.1, 0.15) is 41.6 Å². The third-order valence-corrected chi connectivity index (χ3v) is 4.72. The molecule has 3 rings (SSSR count). The highest BCUT2D eigenvalue weighted by Crippen LogP contribution is 2.44. The van der Waals surface area contributed by atoms with Gasteiger partial charge in [0.1, 0.15) is 0 Å². The molecule has 2 bridgehead atoms. The van der Waals surface area contributed by atoms with E-state index in [9.17, 15) is 14.9 Å². The highest BCUT2D eigenvalue weighted by molar-refractivity contribution is 5.95. The number of rotatable bonds is 3. The standard InChI is InChI=1S/C15H18N2O3/c1-9-2-4-12(8-14(9)17(19)20)15(18)16-13-7-10-3-5-11(13)6-10/h2,4,8,10-11,13H,3,5-7H2,1H3,(H,16,18)/t10-,11-,13-/m1/s1. The number of nitro benzene ring substituents is 1. The summed E-state index contributed by atoms with van der Waals surface area (Å²) in [6.07, 6.45) is 4.76. The largest absolute Gasteiger partial charge is 0.349 e. The summed E-state index contributed by atoms with van der Waals surface area (Å²) in [6.45, 7) is 1.68. The summed E-state index contributed by atoms with van der Waals surface area (Å²) in [5.41, 5.74) is 0.960. The first-order valence-corrected chi connectivity index (χ1v) is 7.10. The van der Waals surface area contributed by atoms with Crippen LogP contribution in [-0.2, 0) is 0 Å². The molecule has 0 saturated heterocycles.